The van der Waals surface area contributed by atoms with Crippen molar-refractivity contribution in [3.05, 3.63) is 82.3 Å². The van der Waals surface area contributed by atoms with Gasteiger partial charge in [0.15, 0.2) is 0 Å². The van der Waals surface area contributed by atoms with Gasteiger partial charge in [-0.15, -0.1) is 0 Å². The van der Waals surface area contributed by atoms with E-state index in [-0.39, 0.29) is 17.6 Å². The summed E-state index contributed by atoms with van der Waals surface area (Å²) in [5.74, 6) is -0.467. The maximum atomic E-state index is 14.2. The van der Waals surface area contributed by atoms with Gasteiger partial charge in [0.1, 0.15) is 11.4 Å². The van der Waals surface area contributed by atoms with Gasteiger partial charge < -0.3 is 15.0 Å². The van der Waals surface area contributed by atoms with E-state index in [1.807, 2.05) is 6.07 Å². The molecule has 0 bridgehead atoms. The van der Waals surface area contributed by atoms with E-state index < -0.39 is 0 Å². The van der Waals surface area contributed by atoms with Crippen molar-refractivity contribution in [2.75, 3.05) is 43.5 Å². The number of nitriles is 1. The molecule has 2 heterocycles. The first-order valence-electron chi connectivity index (χ1n) is 10.7. The van der Waals surface area contributed by atoms with Crippen molar-refractivity contribution in [3.63, 3.8) is 0 Å². The highest BCUT2D eigenvalue weighted by Crippen LogP contribution is 2.30. The van der Waals surface area contributed by atoms with E-state index in [1.54, 1.807) is 42.6 Å². The van der Waals surface area contributed by atoms with Gasteiger partial charge >= 0.3 is 0 Å². The summed E-state index contributed by atoms with van der Waals surface area (Å²) >= 11 is 6.19. The van der Waals surface area contributed by atoms with Gasteiger partial charge in [-0.1, -0.05) is 17.7 Å². The minimum Gasteiger partial charge on any atom is -0.480 e. The Hall–Kier alpha value is -3.67. The van der Waals surface area contributed by atoms with Gasteiger partial charge in [-0.2, -0.15) is 5.26 Å². The number of aromatic nitrogens is 1. The predicted octanol–water partition coefficient (Wildman–Crippen LogP) is 4.33. The first kappa shape index (κ1) is 23.5. The van der Waals surface area contributed by atoms with Crippen LogP contribution in [0, 0.1) is 17.1 Å². The fourth-order valence-corrected chi connectivity index (χ4v) is 4.17. The molecule has 7 nitrogen and oxygen atoms in total. The fraction of sp³-hybridized carbons (Fsp3) is 0.240. The van der Waals surface area contributed by atoms with Gasteiger partial charge in [0.05, 0.1) is 30.1 Å². The summed E-state index contributed by atoms with van der Waals surface area (Å²) in [4.78, 5) is 21.3. The number of rotatable bonds is 6. The van der Waals surface area contributed by atoms with Crippen molar-refractivity contribution in [1.29, 1.82) is 5.26 Å². The van der Waals surface area contributed by atoms with E-state index in [4.69, 9.17) is 16.3 Å². The minimum atomic E-state index is -0.380. The number of carbonyl (C=O) groups excluding carboxylic acids is 1. The molecule has 1 aliphatic rings. The number of anilines is 2. The van der Waals surface area contributed by atoms with Crippen molar-refractivity contribution in [3.8, 4) is 11.9 Å². The summed E-state index contributed by atoms with van der Waals surface area (Å²) in [7, 11) is 1.45. The summed E-state index contributed by atoms with van der Waals surface area (Å²) < 4.78 is 19.4. The lowest BCUT2D eigenvalue weighted by molar-refractivity contribution is 0.102. The van der Waals surface area contributed by atoms with Crippen LogP contribution in [0.4, 0.5) is 15.8 Å². The SMILES string of the molecule is COc1ncccc1C(=O)Nc1cc(C#N)ccc1N1CCN(Cc2c(F)cccc2Cl)CC1. The molecule has 0 saturated carbocycles. The van der Waals surface area contributed by atoms with Crippen LogP contribution >= 0.6 is 11.6 Å². The van der Waals surface area contributed by atoms with Crippen LogP contribution in [0.1, 0.15) is 21.5 Å². The van der Waals surface area contributed by atoms with Crippen LogP contribution in [-0.2, 0) is 6.54 Å². The summed E-state index contributed by atoms with van der Waals surface area (Å²) in [6.45, 7) is 3.13. The lowest BCUT2D eigenvalue weighted by Gasteiger charge is -2.37. The molecule has 0 aliphatic carbocycles. The number of pyridine rings is 1. The molecular weight excluding hydrogens is 457 g/mol. The van der Waals surface area contributed by atoms with Crippen LogP contribution < -0.4 is 15.0 Å². The monoisotopic (exact) mass is 479 g/mol. The largest absolute Gasteiger partial charge is 0.480 e. The Kier molecular flexibility index (Phi) is 7.26. The number of hydrogen-bond donors (Lipinski definition) is 1. The quantitative estimate of drug-likeness (QED) is 0.566. The summed E-state index contributed by atoms with van der Waals surface area (Å²) in [5, 5.41) is 12.7. The molecule has 0 unspecified atom stereocenters. The average molecular weight is 480 g/mol. The van der Waals surface area contributed by atoms with Crippen molar-refractivity contribution < 1.29 is 13.9 Å². The highest BCUT2D eigenvalue weighted by molar-refractivity contribution is 6.31. The zero-order valence-corrected chi connectivity index (χ0v) is 19.3. The van der Waals surface area contributed by atoms with Gasteiger partial charge in [0.2, 0.25) is 5.88 Å². The maximum absolute atomic E-state index is 14.2. The Morgan fingerprint density at radius 3 is 2.71 bits per heavy atom. The van der Waals surface area contributed by atoms with E-state index in [1.165, 1.54) is 13.2 Å². The van der Waals surface area contributed by atoms with Gasteiger partial charge in [-0.05, 0) is 42.5 Å². The molecule has 1 amide bonds. The molecule has 9 heteroatoms. The second-order valence-corrected chi connectivity index (χ2v) is 8.23. The van der Waals surface area contributed by atoms with E-state index >= 15 is 0 Å². The molecule has 4 rings (SSSR count). The zero-order valence-electron chi connectivity index (χ0n) is 18.6. The van der Waals surface area contributed by atoms with Crippen molar-refractivity contribution in [2.45, 2.75) is 6.54 Å². The number of carbonyl (C=O) groups is 1. The molecule has 174 valence electrons. The van der Waals surface area contributed by atoms with Crippen molar-refractivity contribution in [2.24, 2.45) is 0 Å². The second-order valence-electron chi connectivity index (χ2n) is 7.82. The highest BCUT2D eigenvalue weighted by Gasteiger charge is 2.23. The molecule has 1 saturated heterocycles. The number of amides is 1. The molecule has 34 heavy (non-hydrogen) atoms. The smallest absolute Gasteiger partial charge is 0.261 e. The van der Waals surface area contributed by atoms with Gasteiger partial charge in [-0.25, -0.2) is 9.37 Å². The summed E-state index contributed by atoms with van der Waals surface area (Å²) in [6.07, 6.45) is 1.55. The molecule has 0 atom stereocenters. The van der Waals surface area contributed by atoms with Crippen LogP contribution in [0.3, 0.4) is 0 Å². The fourth-order valence-electron chi connectivity index (χ4n) is 3.95. The number of benzene rings is 2. The Labute approximate surface area is 202 Å². The number of halogens is 2. The molecule has 1 N–H and O–H groups in total. The first-order chi connectivity index (χ1) is 16.5. The van der Waals surface area contributed by atoms with Gasteiger partial charge in [0.25, 0.3) is 5.91 Å². The molecule has 1 aromatic heterocycles. The highest BCUT2D eigenvalue weighted by atomic mass is 35.5. The van der Waals surface area contributed by atoms with Gasteiger partial charge in [0, 0.05) is 49.5 Å². The number of methoxy groups -OCH3 is 1. The zero-order chi connectivity index (χ0) is 24.1. The standard InChI is InChI=1S/C25H23ClFN5O2/c1-34-25-18(4-3-9-29-25)24(33)30-22-14-17(15-28)7-8-23(22)32-12-10-31(11-13-32)16-19-20(26)5-2-6-21(19)27/h2-9,14H,10-13,16H2,1H3,(H,30,33). The number of ether oxygens (including phenoxy) is 1. The Bertz CT molecular complexity index is 1220. The second kappa shape index (κ2) is 10.5. The van der Waals surface area contributed by atoms with Crippen LogP contribution in [0.5, 0.6) is 5.88 Å². The normalized spacial score (nSPS) is 13.9. The van der Waals surface area contributed by atoms with E-state index in [0.717, 1.165) is 5.69 Å². The molecular formula is C25H23ClFN5O2. The van der Waals surface area contributed by atoms with Crippen LogP contribution in [0.2, 0.25) is 5.02 Å². The lowest BCUT2D eigenvalue weighted by atomic mass is 10.1. The molecule has 1 aliphatic heterocycles. The topological polar surface area (TPSA) is 81.5 Å². The Balaban J connectivity index is 1.50. The third kappa shape index (κ3) is 5.11. The lowest BCUT2D eigenvalue weighted by Crippen LogP contribution is -2.46. The van der Waals surface area contributed by atoms with Gasteiger partial charge in [-0.3, -0.25) is 9.69 Å². The number of nitrogens with zero attached hydrogens (tertiary/aromatic N) is 4. The summed E-state index contributed by atoms with van der Waals surface area (Å²) in [6, 6.07) is 15.3. The number of hydrogen-bond acceptors (Lipinski definition) is 6. The van der Waals surface area contributed by atoms with E-state index in [0.29, 0.717) is 60.1 Å². The average Bonchev–Trinajstić information content (AvgIpc) is 2.86. The Morgan fingerprint density at radius 1 is 1.21 bits per heavy atom. The predicted molar refractivity (Wildman–Crippen MR) is 129 cm³/mol. The summed E-state index contributed by atoms with van der Waals surface area (Å²) in [5.41, 5.74) is 2.56. The maximum Gasteiger partial charge on any atom is 0.261 e. The minimum absolute atomic E-state index is 0.221. The number of piperazine rings is 1. The first-order valence-corrected chi connectivity index (χ1v) is 11.1. The number of nitrogens with one attached hydrogen (secondary N) is 1. The Morgan fingerprint density at radius 2 is 2.00 bits per heavy atom. The van der Waals surface area contributed by atoms with E-state index in [9.17, 15) is 14.4 Å². The molecule has 1 fully saturated rings. The van der Waals surface area contributed by atoms with Crippen molar-refractivity contribution >= 4 is 28.9 Å². The third-order valence-corrected chi connectivity index (χ3v) is 6.09. The third-order valence-electron chi connectivity index (χ3n) is 5.74. The van der Waals surface area contributed by atoms with Crippen LogP contribution in [-0.4, -0.2) is 49.1 Å². The van der Waals surface area contributed by atoms with Crippen LogP contribution in [0.25, 0.3) is 0 Å². The van der Waals surface area contributed by atoms with Crippen molar-refractivity contribution in [1.82, 2.24) is 9.88 Å². The molecule has 3 aromatic rings. The molecule has 2 aromatic carbocycles. The molecule has 0 radical (unpaired) electrons. The molecule has 0 spiro atoms. The van der Waals surface area contributed by atoms with Crippen LogP contribution in [0.15, 0.2) is 54.7 Å². The van der Waals surface area contributed by atoms with E-state index in [2.05, 4.69) is 26.2 Å².